The molecule has 1 aromatic heterocycles. The Morgan fingerprint density at radius 2 is 2.32 bits per heavy atom. The molecule has 0 saturated carbocycles. The van der Waals surface area contributed by atoms with Crippen molar-refractivity contribution in [2.24, 2.45) is 5.92 Å². The Hall–Kier alpha value is -2.01. The van der Waals surface area contributed by atoms with Crippen molar-refractivity contribution in [2.45, 2.75) is 20.3 Å². The molecule has 2 heterocycles. The Morgan fingerprint density at radius 3 is 3.00 bits per heavy atom. The number of H-pyrrole nitrogens is 1. The largest absolute Gasteiger partial charge is 0.492 e. The number of likely N-dealkylation sites (tertiary alicyclic amines) is 1. The van der Waals surface area contributed by atoms with E-state index in [1.165, 1.54) is 6.42 Å². The number of rotatable bonds is 5. The van der Waals surface area contributed by atoms with Crippen LogP contribution in [0, 0.1) is 12.8 Å². The van der Waals surface area contributed by atoms with Crippen LogP contribution in [0.4, 0.5) is 0 Å². The molecule has 0 amide bonds. The summed E-state index contributed by atoms with van der Waals surface area (Å²) < 4.78 is 5.81. The molecular weight excluding hydrogens is 280 g/mol. The van der Waals surface area contributed by atoms with Crippen molar-refractivity contribution in [1.29, 1.82) is 0 Å². The number of hydrogen-bond acceptors (Lipinski definition) is 3. The van der Waals surface area contributed by atoms with Crippen LogP contribution in [-0.4, -0.2) is 47.2 Å². The number of aromatic carboxylic acids is 1. The maximum atomic E-state index is 11.4. The molecule has 0 spiro atoms. The predicted molar refractivity (Wildman–Crippen MR) is 85.7 cm³/mol. The fourth-order valence-corrected chi connectivity index (χ4v) is 3.19. The number of aryl methyl sites for hydroxylation is 1. The quantitative estimate of drug-likeness (QED) is 0.891. The lowest BCUT2D eigenvalue weighted by Gasteiger charge is -2.15. The van der Waals surface area contributed by atoms with Crippen LogP contribution in [0.5, 0.6) is 5.75 Å². The van der Waals surface area contributed by atoms with Gasteiger partial charge in [-0.05, 0) is 44.0 Å². The zero-order chi connectivity index (χ0) is 15.7. The lowest BCUT2D eigenvalue weighted by Crippen LogP contribution is -2.25. The Morgan fingerprint density at radius 1 is 1.50 bits per heavy atom. The molecule has 0 radical (unpaired) electrons. The molecule has 1 aliphatic rings. The molecule has 1 aliphatic heterocycles. The molecule has 118 valence electrons. The summed E-state index contributed by atoms with van der Waals surface area (Å²) in [6.45, 7) is 7.88. The molecule has 2 N–H and O–H groups in total. The molecule has 3 rings (SSSR count). The van der Waals surface area contributed by atoms with Crippen LogP contribution in [-0.2, 0) is 0 Å². The standard InChI is InChI=1S/C17H22N2O3/c1-11-5-6-19(10-11)7-8-22-13-3-4-15-14(9-13)16(17(20)21)12(2)18-15/h3-4,9,11,18H,5-8,10H2,1-2H3,(H,20,21). The van der Waals surface area contributed by atoms with Crippen LogP contribution in [0.3, 0.4) is 0 Å². The minimum atomic E-state index is -0.910. The number of aromatic amines is 1. The van der Waals surface area contributed by atoms with E-state index in [2.05, 4.69) is 16.8 Å². The monoisotopic (exact) mass is 302 g/mol. The molecule has 1 unspecified atom stereocenters. The number of carboxylic acids is 1. The van der Waals surface area contributed by atoms with Gasteiger partial charge < -0.3 is 14.8 Å². The summed E-state index contributed by atoms with van der Waals surface area (Å²) in [5.74, 6) is 0.588. The van der Waals surface area contributed by atoms with Gasteiger partial charge in [0.05, 0.1) is 5.56 Å². The number of carboxylic acid groups (broad SMARTS) is 1. The second-order valence-electron chi connectivity index (χ2n) is 6.18. The van der Waals surface area contributed by atoms with Crippen LogP contribution in [0.25, 0.3) is 10.9 Å². The van der Waals surface area contributed by atoms with Gasteiger partial charge in [0.25, 0.3) is 0 Å². The molecular formula is C17H22N2O3. The summed E-state index contributed by atoms with van der Waals surface area (Å²) in [5.41, 5.74) is 1.83. The van der Waals surface area contributed by atoms with Gasteiger partial charge in [0.2, 0.25) is 0 Å². The van der Waals surface area contributed by atoms with E-state index in [9.17, 15) is 9.90 Å². The van der Waals surface area contributed by atoms with E-state index in [-0.39, 0.29) is 0 Å². The van der Waals surface area contributed by atoms with E-state index in [1.54, 1.807) is 6.92 Å². The molecule has 1 aromatic carbocycles. The highest BCUT2D eigenvalue weighted by molar-refractivity contribution is 6.05. The minimum Gasteiger partial charge on any atom is -0.492 e. The average Bonchev–Trinajstić information content (AvgIpc) is 3.01. The van der Waals surface area contributed by atoms with Crippen LogP contribution >= 0.6 is 0 Å². The van der Waals surface area contributed by atoms with Crippen molar-refractivity contribution in [1.82, 2.24) is 9.88 Å². The first-order valence-electron chi connectivity index (χ1n) is 7.75. The third kappa shape index (κ3) is 2.95. The molecule has 1 saturated heterocycles. The topological polar surface area (TPSA) is 65.6 Å². The third-order valence-electron chi connectivity index (χ3n) is 4.36. The van der Waals surface area contributed by atoms with Gasteiger partial charge in [-0.25, -0.2) is 4.79 Å². The van der Waals surface area contributed by atoms with E-state index in [0.29, 0.717) is 23.3 Å². The van der Waals surface area contributed by atoms with Crippen LogP contribution < -0.4 is 4.74 Å². The number of aromatic nitrogens is 1. The van der Waals surface area contributed by atoms with Crippen LogP contribution in [0.1, 0.15) is 29.4 Å². The highest BCUT2D eigenvalue weighted by Crippen LogP contribution is 2.26. The van der Waals surface area contributed by atoms with Crippen molar-refractivity contribution in [3.8, 4) is 5.75 Å². The van der Waals surface area contributed by atoms with Crippen molar-refractivity contribution in [2.75, 3.05) is 26.2 Å². The fourth-order valence-electron chi connectivity index (χ4n) is 3.19. The molecule has 1 atom stereocenters. The lowest BCUT2D eigenvalue weighted by molar-refractivity contribution is 0.0698. The number of benzene rings is 1. The van der Waals surface area contributed by atoms with Crippen molar-refractivity contribution in [3.05, 3.63) is 29.5 Å². The lowest BCUT2D eigenvalue weighted by atomic mass is 10.1. The molecule has 5 heteroatoms. The summed E-state index contributed by atoms with van der Waals surface area (Å²) in [4.78, 5) is 16.9. The van der Waals surface area contributed by atoms with E-state index in [1.807, 2.05) is 18.2 Å². The van der Waals surface area contributed by atoms with Crippen LogP contribution in [0.2, 0.25) is 0 Å². The number of nitrogens with one attached hydrogen (secondary N) is 1. The van der Waals surface area contributed by atoms with Crippen molar-refractivity contribution >= 4 is 16.9 Å². The zero-order valence-corrected chi connectivity index (χ0v) is 13.1. The number of carbonyl (C=O) groups is 1. The maximum Gasteiger partial charge on any atom is 0.338 e. The maximum absolute atomic E-state index is 11.4. The Kier molecular flexibility index (Phi) is 4.07. The van der Waals surface area contributed by atoms with E-state index in [0.717, 1.165) is 36.8 Å². The van der Waals surface area contributed by atoms with E-state index in [4.69, 9.17) is 4.74 Å². The zero-order valence-electron chi connectivity index (χ0n) is 13.1. The predicted octanol–water partition coefficient (Wildman–Crippen LogP) is 2.90. The summed E-state index contributed by atoms with van der Waals surface area (Å²) in [7, 11) is 0. The first-order chi connectivity index (χ1) is 10.5. The molecule has 0 aliphatic carbocycles. The van der Waals surface area contributed by atoms with Gasteiger partial charge in [0.1, 0.15) is 12.4 Å². The third-order valence-corrected chi connectivity index (χ3v) is 4.36. The average molecular weight is 302 g/mol. The molecule has 1 fully saturated rings. The highest BCUT2D eigenvalue weighted by Gasteiger charge is 2.18. The van der Waals surface area contributed by atoms with Gasteiger partial charge in [-0.2, -0.15) is 0 Å². The normalized spacial score (nSPS) is 18.9. The van der Waals surface area contributed by atoms with Gasteiger partial charge in [-0.15, -0.1) is 0 Å². The number of hydrogen-bond donors (Lipinski definition) is 2. The first-order valence-corrected chi connectivity index (χ1v) is 7.75. The second-order valence-corrected chi connectivity index (χ2v) is 6.18. The van der Waals surface area contributed by atoms with Crippen molar-refractivity contribution in [3.63, 3.8) is 0 Å². The first kappa shape index (κ1) is 14.9. The smallest absolute Gasteiger partial charge is 0.338 e. The summed E-state index contributed by atoms with van der Waals surface area (Å²) in [6, 6.07) is 5.58. The fraction of sp³-hybridized carbons (Fsp3) is 0.471. The van der Waals surface area contributed by atoms with Gasteiger partial charge in [-0.1, -0.05) is 6.92 Å². The van der Waals surface area contributed by atoms with Gasteiger partial charge in [-0.3, -0.25) is 4.90 Å². The minimum absolute atomic E-state index is 0.328. The summed E-state index contributed by atoms with van der Waals surface area (Å²) in [6.07, 6.45) is 1.26. The highest BCUT2D eigenvalue weighted by atomic mass is 16.5. The second kappa shape index (κ2) is 6.01. The molecule has 5 nitrogen and oxygen atoms in total. The number of nitrogens with zero attached hydrogens (tertiary/aromatic N) is 1. The van der Waals surface area contributed by atoms with E-state index < -0.39 is 5.97 Å². The Bertz CT molecular complexity index is 693. The molecule has 0 bridgehead atoms. The van der Waals surface area contributed by atoms with Crippen molar-refractivity contribution < 1.29 is 14.6 Å². The number of fused-ring (bicyclic) bond motifs is 1. The van der Waals surface area contributed by atoms with Gasteiger partial charge >= 0.3 is 5.97 Å². The summed E-state index contributed by atoms with van der Waals surface area (Å²) in [5, 5.41) is 10.0. The molecule has 22 heavy (non-hydrogen) atoms. The molecule has 2 aromatic rings. The van der Waals surface area contributed by atoms with Gasteiger partial charge in [0, 0.05) is 29.7 Å². The Balaban J connectivity index is 1.69. The Labute approximate surface area is 129 Å². The van der Waals surface area contributed by atoms with Crippen LogP contribution in [0.15, 0.2) is 18.2 Å². The van der Waals surface area contributed by atoms with E-state index >= 15 is 0 Å². The van der Waals surface area contributed by atoms with Gasteiger partial charge in [0.15, 0.2) is 0 Å². The SMILES string of the molecule is Cc1[nH]c2ccc(OCCN3CCC(C)C3)cc2c1C(=O)O. The number of ether oxygens (including phenoxy) is 1. The summed E-state index contributed by atoms with van der Waals surface area (Å²) >= 11 is 0.